The van der Waals surface area contributed by atoms with Crippen LogP contribution in [0.1, 0.15) is 17.8 Å². The van der Waals surface area contributed by atoms with E-state index in [1.54, 1.807) is 11.3 Å². The lowest BCUT2D eigenvalue weighted by atomic mass is 10.1. The fraction of sp³-hybridized carbons (Fsp3) is 0.714. The summed E-state index contributed by atoms with van der Waals surface area (Å²) in [5.74, 6) is 0.332. The highest BCUT2D eigenvalue weighted by atomic mass is 32.1. The van der Waals surface area contributed by atoms with Crippen molar-refractivity contribution in [1.82, 2.24) is 19.7 Å². The van der Waals surface area contributed by atoms with E-state index in [2.05, 4.69) is 21.8 Å². The Morgan fingerprint density at radius 1 is 1.35 bits per heavy atom. The lowest BCUT2D eigenvalue weighted by molar-refractivity contribution is -0.137. The molecular formula is C14H22N4OS. The number of piperazine rings is 1. The van der Waals surface area contributed by atoms with Gasteiger partial charge in [0.25, 0.3) is 0 Å². The van der Waals surface area contributed by atoms with Crippen LogP contribution in [0, 0.1) is 0 Å². The van der Waals surface area contributed by atoms with Gasteiger partial charge in [-0.05, 0) is 26.4 Å². The molecule has 3 heterocycles. The fourth-order valence-electron chi connectivity index (χ4n) is 3.08. The summed E-state index contributed by atoms with van der Waals surface area (Å²) >= 11 is 1.70. The number of thiazole rings is 1. The van der Waals surface area contributed by atoms with Crippen LogP contribution in [0.2, 0.25) is 0 Å². The molecule has 0 aliphatic carbocycles. The quantitative estimate of drug-likeness (QED) is 0.830. The van der Waals surface area contributed by atoms with Crippen LogP contribution >= 0.6 is 11.3 Å². The van der Waals surface area contributed by atoms with Crippen LogP contribution in [0.15, 0.2) is 11.6 Å². The number of aromatic nitrogens is 1. The molecule has 3 rings (SSSR count). The largest absolute Gasteiger partial charge is 0.339 e. The maximum atomic E-state index is 12.5. The molecular weight excluding hydrogens is 272 g/mol. The first kappa shape index (κ1) is 14.0. The molecule has 0 unspecified atom stereocenters. The van der Waals surface area contributed by atoms with Gasteiger partial charge >= 0.3 is 0 Å². The first-order valence-corrected chi connectivity index (χ1v) is 8.22. The van der Waals surface area contributed by atoms with Crippen molar-refractivity contribution in [3.05, 3.63) is 16.6 Å². The van der Waals surface area contributed by atoms with Crippen LogP contribution in [0.3, 0.4) is 0 Å². The molecule has 2 aliphatic heterocycles. The Kier molecular flexibility index (Phi) is 4.33. The van der Waals surface area contributed by atoms with E-state index in [-0.39, 0.29) is 6.04 Å². The number of amides is 1. The summed E-state index contributed by atoms with van der Waals surface area (Å²) in [5.41, 5.74) is 0. The van der Waals surface area contributed by atoms with Crippen molar-refractivity contribution in [1.29, 1.82) is 0 Å². The van der Waals surface area contributed by atoms with Crippen molar-refractivity contribution in [2.24, 2.45) is 0 Å². The van der Waals surface area contributed by atoms with E-state index in [9.17, 15) is 4.79 Å². The third kappa shape index (κ3) is 3.02. The molecule has 2 aliphatic rings. The van der Waals surface area contributed by atoms with Crippen LogP contribution < -0.4 is 0 Å². The molecule has 0 bridgehead atoms. The highest BCUT2D eigenvalue weighted by Crippen LogP contribution is 2.18. The Labute approximate surface area is 124 Å². The molecule has 2 saturated heterocycles. The summed E-state index contributed by atoms with van der Waals surface area (Å²) in [7, 11) is 2.06. The average molecular weight is 294 g/mol. The smallest absolute Gasteiger partial charge is 0.240 e. The number of likely N-dealkylation sites (N-methyl/N-ethyl adjacent to an activating group) is 1. The molecule has 1 aromatic rings. The normalized spacial score (nSPS) is 25.2. The predicted molar refractivity (Wildman–Crippen MR) is 79.6 cm³/mol. The van der Waals surface area contributed by atoms with E-state index >= 15 is 0 Å². The molecule has 0 spiro atoms. The summed E-state index contributed by atoms with van der Waals surface area (Å²) in [4.78, 5) is 23.5. The lowest BCUT2D eigenvalue weighted by Crippen LogP contribution is -2.52. The van der Waals surface area contributed by atoms with Crippen molar-refractivity contribution < 1.29 is 4.79 Å². The van der Waals surface area contributed by atoms with Gasteiger partial charge in [0.15, 0.2) is 0 Å². The number of nitrogens with zero attached hydrogens (tertiary/aromatic N) is 4. The lowest BCUT2D eigenvalue weighted by Gasteiger charge is -2.36. The monoisotopic (exact) mass is 294 g/mol. The molecule has 6 heteroatoms. The Morgan fingerprint density at radius 3 is 2.75 bits per heavy atom. The summed E-state index contributed by atoms with van der Waals surface area (Å²) in [6.45, 7) is 5.61. The molecule has 0 radical (unpaired) electrons. The zero-order valence-electron chi connectivity index (χ0n) is 12.0. The number of hydrogen-bond acceptors (Lipinski definition) is 5. The molecule has 2 fully saturated rings. The van der Waals surface area contributed by atoms with E-state index in [0.29, 0.717) is 5.91 Å². The van der Waals surface area contributed by atoms with Gasteiger partial charge in [-0.3, -0.25) is 14.6 Å². The van der Waals surface area contributed by atoms with Crippen molar-refractivity contribution >= 4 is 17.2 Å². The van der Waals surface area contributed by atoms with E-state index in [0.717, 1.165) is 52.1 Å². The van der Waals surface area contributed by atoms with Crippen LogP contribution in [0.4, 0.5) is 0 Å². The van der Waals surface area contributed by atoms with Gasteiger partial charge in [0.1, 0.15) is 5.01 Å². The van der Waals surface area contributed by atoms with Crippen LogP contribution in [-0.4, -0.2) is 71.4 Å². The zero-order valence-corrected chi connectivity index (χ0v) is 12.8. The van der Waals surface area contributed by atoms with Gasteiger partial charge < -0.3 is 4.90 Å². The molecule has 1 amide bonds. The second-order valence-corrected chi connectivity index (χ2v) is 6.65. The van der Waals surface area contributed by atoms with Crippen molar-refractivity contribution in [2.75, 3.05) is 39.8 Å². The minimum Gasteiger partial charge on any atom is -0.339 e. The Morgan fingerprint density at radius 2 is 2.15 bits per heavy atom. The number of hydrogen-bond donors (Lipinski definition) is 0. The summed E-state index contributed by atoms with van der Waals surface area (Å²) in [6, 6.07) is 0.125. The van der Waals surface area contributed by atoms with Crippen molar-refractivity contribution in [3.63, 3.8) is 0 Å². The highest BCUT2D eigenvalue weighted by molar-refractivity contribution is 7.09. The minimum absolute atomic E-state index is 0.125. The zero-order chi connectivity index (χ0) is 13.9. The van der Waals surface area contributed by atoms with Crippen molar-refractivity contribution in [3.8, 4) is 0 Å². The summed E-state index contributed by atoms with van der Waals surface area (Å²) in [5, 5.41) is 3.19. The number of likely N-dealkylation sites (tertiary alicyclic amines) is 1. The summed E-state index contributed by atoms with van der Waals surface area (Å²) < 4.78 is 0. The molecule has 0 aromatic carbocycles. The highest BCUT2D eigenvalue weighted by Gasteiger charge is 2.32. The van der Waals surface area contributed by atoms with Crippen LogP contribution in [0.5, 0.6) is 0 Å². The standard InChI is InChI=1S/C14H22N4OS/c1-16-5-2-3-12(16)14(19)18-8-6-17(7-9-18)11-13-15-4-10-20-13/h4,10,12H,2-3,5-9,11H2,1H3/t12-/m0/s1. The SMILES string of the molecule is CN1CCC[C@H]1C(=O)N1CCN(Cc2nccs2)CC1. The molecule has 5 nitrogen and oxygen atoms in total. The van der Waals surface area contributed by atoms with Gasteiger partial charge in [-0.2, -0.15) is 0 Å². The minimum atomic E-state index is 0.125. The summed E-state index contributed by atoms with van der Waals surface area (Å²) in [6.07, 6.45) is 4.03. The molecule has 0 N–H and O–H groups in total. The number of carbonyl (C=O) groups excluding carboxylic acids is 1. The first-order valence-electron chi connectivity index (χ1n) is 7.34. The molecule has 1 atom stereocenters. The van der Waals surface area contributed by atoms with Crippen LogP contribution in [-0.2, 0) is 11.3 Å². The van der Waals surface area contributed by atoms with Gasteiger partial charge in [-0.15, -0.1) is 11.3 Å². The second-order valence-electron chi connectivity index (χ2n) is 5.67. The second kappa shape index (κ2) is 6.20. The maximum absolute atomic E-state index is 12.5. The Balaban J connectivity index is 1.49. The van der Waals surface area contributed by atoms with Crippen LogP contribution in [0.25, 0.3) is 0 Å². The number of carbonyl (C=O) groups is 1. The topological polar surface area (TPSA) is 39.7 Å². The third-order valence-corrected chi connectivity index (χ3v) is 5.10. The Hall–Kier alpha value is -0.980. The first-order chi connectivity index (χ1) is 9.74. The van der Waals surface area contributed by atoms with Gasteiger partial charge in [-0.1, -0.05) is 0 Å². The molecule has 20 heavy (non-hydrogen) atoms. The average Bonchev–Trinajstić information content (AvgIpc) is 3.10. The fourth-order valence-corrected chi connectivity index (χ4v) is 3.74. The van der Waals surface area contributed by atoms with Gasteiger partial charge in [0.2, 0.25) is 5.91 Å². The maximum Gasteiger partial charge on any atom is 0.240 e. The molecule has 0 saturated carbocycles. The third-order valence-electron chi connectivity index (χ3n) is 4.33. The Bertz CT molecular complexity index is 442. The van der Waals surface area contributed by atoms with E-state index in [1.807, 2.05) is 16.5 Å². The van der Waals surface area contributed by atoms with E-state index < -0.39 is 0 Å². The molecule has 1 aromatic heterocycles. The number of rotatable bonds is 3. The van der Waals surface area contributed by atoms with Gasteiger partial charge in [0, 0.05) is 37.8 Å². The van der Waals surface area contributed by atoms with E-state index in [4.69, 9.17) is 0 Å². The van der Waals surface area contributed by atoms with Gasteiger partial charge in [0.05, 0.1) is 12.6 Å². The molecule has 110 valence electrons. The van der Waals surface area contributed by atoms with Crippen molar-refractivity contribution in [2.45, 2.75) is 25.4 Å². The van der Waals surface area contributed by atoms with Gasteiger partial charge in [-0.25, -0.2) is 4.98 Å². The predicted octanol–water partition coefficient (Wildman–Crippen LogP) is 0.881. The van der Waals surface area contributed by atoms with E-state index in [1.165, 1.54) is 5.01 Å².